The van der Waals surface area contributed by atoms with Gasteiger partial charge in [-0.15, -0.1) is 0 Å². The molecule has 2 aliphatic heterocycles. The van der Waals surface area contributed by atoms with Gasteiger partial charge in [0.05, 0.1) is 34.8 Å². The Bertz CT molecular complexity index is 1860. The van der Waals surface area contributed by atoms with Crippen molar-refractivity contribution in [2.45, 2.75) is 127 Å². The summed E-state index contributed by atoms with van der Waals surface area (Å²) in [5.41, 5.74) is 0. The van der Waals surface area contributed by atoms with Gasteiger partial charge < -0.3 is 56.8 Å². The topological polar surface area (TPSA) is 281 Å². The van der Waals surface area contributed by atoms with Gasteiger partial charge in [-0.3, -0.25) is 38.4 Å². The molecule has 0 spiro atoms. The Hall–Kier alpha value is -5.40. The predicted molar refractivity (Wildman–Crippen MR) is 213 cm³/mol. The molecular formula is C40H50O22S2. The molecule has 0 aliphatic carbocycles. The maximum absolute atomic E-state index is 13.7. The van der Waals surface area contributed by atoms with E-state index in [0.29, 0.717) is 0 Å². The van der Waals surface area contributed by atoms with Gasteiger partial charge in [-0.2, -0.15) is 0 Å². The van der Waals surface area contributed by atoms with Crippen LogP contribution in [0.2, 0.25) is 0 Å². The van der Waals surface area contributed by atoms with Crippen LogP contribution in [0.25, 0.3) is 0 Å². The van der Waals surface area contributed by atoms with Crippen LogP contribution < -0.4 is 0 Å². The summed E-state index contributed by atoms with van der Waals surface area (Å²) in [5.74, 6) is -6.55. The first-order valence-corrected chi connectivity index (χ1v) is 21.4. The van der Waals surface area contributed by atoms with Crippen LogP contribution in [0.15, 0.2) is 57.0 Å². The van der Waals surface area contributed by atoms with Gasteiger partial charge in [0.25, 0.3) is 0 Å². The molecule has 2 unspecified atom stereocenters. The summed E-state index contributed by atoms with van der Waals surface area (Å²) < 4.78 is 93.4. The highest BCUT2D eigenvalue weighted by Gasteiger charge is 2.54. The van der Waals surface area contributed by atoms with Crippen LogP contribution >= 0.6 is 0 Å². The number of hydrogen-bond acceptors (Lipinski definition) is 22. The van der Waals surface area contributed by atoms with Crippen molar-refractivity contribution in [2.24, 2.45) is 0 Å². The van der Waals surface area contributed by atoms with Crippen molar-refractivity contribution in [3.63, 3.8) is 0 Å². The highest BCUT2D eigenvalue weighted by molar-refractivity contribution is 7.89. The quantitative estimate of drug-likeness (QED) is 0.131. The van der Waals surface area contributed by atoms with E-state index < -0.39 is 157 Å². The number of esters is 8. The first-order valence-electron chi connectivity index (χ1n) is 19.1. The highest BCUT2D eigenvalue weighted by atomic mass is 32.2. The Kier molecular flexibility index (Phi) is 20.4. The molecular weight excluding hydrogens is 897 g/mol. The van der Waals surface area contributed by atoms with E-state index in [-0.39, 0.29) is 19.6 Å². The van der Waals surface area contributed by atoms with E-state index in [4.69, 9.17) is 56.8 Å². The lowest BCUT2D eigenvalue weighted by Crippen LogP contribution is -2.63. The van der Waals surface area contributed by atoms with E-state index in [1.54, 1.807) is 0 Å². The molecule has 0 saturated carbocycles. The molecule has 3 rings (SSSR count). The fraction of sp³-hybridized carbons (Fsp3) is 0.550. The molecule has 1 aromatic rings. The van der Waals surface area contributed by atoms with Crippen LogP contribution in [0.4, 0.5) is 0 Å². The summed E-state index contributed by atoms with van der Waals surface area (Å²) in [7, 11) is -4.15. The fourth-order valence-electron chi connectivity index (χ4n) is 6.14. The van der Waals surface area contributed by atoms with Crippen molar-refractivity contribution in [3.05, 3.63) is 47.2 Å². The normalized spacial score (nSPS) is 26.1. The van der Waals surface area contributed by atoms with Crippen molar-refractivity contribution in [1.82, 2.24) is 0 Å². The van der Waals surface area contributed by atoms with E-state index >= 15 is 0 Å². The highest BCUT2D eigenvalue weighted by Crippen LogP contribution is 2.32. The molecule has 24 heteroatoms. The number of rotatable bonds is 20. The molecule has 1 aromatic carbocycles. The third-order valence-electron chi connectivity index (χ3n) is 8.47. The molecule has 2 fully saturated rings. The van der Waals surface area contributed by atoms with E-state index in [9.17, 15) is 46.8 Å². The first-order chi connectivity index (χ1) is 30.0. The number of carbonyl (C=O) groups is 8. The standard InChI is InChI=1S/C40H50O22S2/c1-19(15-53-39-37(59-27(9)47)35(57-25(7)45)33(55-23(5)43)31(61-39)17-51-21(3)41)63(49)29-12-11-13-30(14-29)64(50)20(2)16-54-40-38(60-28(10)48)36(58-26(8)46)34(56-24(6)44)32(62-40)18-52-22(4)42/h11-14,31-40H,1-2,15-18H2,3-10H3/t31-,32-,33-,34-,35+,36+,37-,38-,39-,40-,63?,64?/m1/s1. The second kappa shape index (κ2) is 24.6. The van der Waals surface area contributed by atoms with Crippen LogP contribution in [-0.2, 0) is 117 Å². The molecule has 2 heterocycles. The minimum atomic E-state index is -2.07. The monoisotopic (exact) mass is 946 g/mol. The van der Waals surface area contributed by atoms with Gasteiger partial charge in [-0.05, 0) is 18.2 Å². The molecule has 2 saturated heterocycles. The van der Waals surface area contributed by atoms with Crippen molar-refractivity contribution in [1.29, 1.82) is 0 Å². The molecule has 22 nitrogen and oxygen atoms in total. The predicted octanol–water partition coefficient (Wildman–Crippen LogP) is 1.13. The molecule has 12 atom stereocenters. The number of carbonyl (C=O) groups excluding carboxylic acids is 8. The molecule has 0 radical (unpaired) electrons. The van der Waals surface area contributed by atoms with Crippen molar-refractivity contribution >= 4 is 69.4 Å². The van der Waals surface area contributed by atoms with E-state index in [1.807, 2.05) is 0 Å². The average Bonchev–Trinajstić information content (AvgIpc) is 3.19. The van der Waals surface area contributed by atoms with Crippen LogP contribution in [0.3, 0.4) is 0 Å². The summed E-state index contributed by atoms with van der Waals surface area (Å²) in [4.78, 5) is 96.1. The molecule has 0 bridgehead atoms. The zero-order valence-electron chi connectivity index (χ0n) is 36.1. The lowest BCUT2D eigenvalue weighted by molar-refractivity contribution is -0.306. The van der Waals surface area contributed by atoms with Crippen LogP contribution in [0, 0.1) is 0 Å². The summed E-state index contributed by atoms with van der Waals surface area (Å²) in [6, 6.07) is 5.65. The maximum Gasteiger partial charge on any atom is 0.303 e. The first kappa shape index (κ1) is 52.9. The Morgan fingerprint density at radius 2 is 0.781 bits per heavy atom. The molecule has 0 N–H and O–H groups in total. The van der Waals surface area contributed by atoms with E-state index in [1.165, 1.54) is 24.3 Å². The van der Waals surface area contributed by atoms with Crippen LogP contribution in [0.5, 0.6) is 0 Å². The lowest BCUT2D eigenvalue weighted by atomic mass is 9.98. The fourth-order valence-corrected chi connectivity index (χ4v) is 8.10. The van der Waals surface area contributed by atoms with E-state index in [0.717, 1.165) is 55.4 Å². The second-order valence-electron chi connectivity index (χ2n) is 13.8. The SMILES string of the molecule is C=C(CO[C@@H]1O[C@H](COC(C)=O)[C@@H](OC(C)=O)[C@H](OC(C)=O)[C@H]1OC(C)=O)S(=O)c1cccc(S(=O)C(=C)CO[C@@H]2O[C@H](COC(C)=O)[C@@H](OC(C)=O)[C@H](OC(C)=O)[C@H]2OC(C)=O)c1. The molecule has 354 valence electrons. The Balaban J connectivity index is 1.81. The molecule has 2 aliphatic rings. The lowest BCUT2D eigenvalue weighted by Gasteiger charge is -2.44. The minimum absolute atomic E-state index is 0.0818. The van der Waals surface area contributed by atoms with Gasteiger partial charge in [-0.1, -0.05) is 19.2 Å². The Morgan fingerprint density at radius 1 is 0.484 bits per heavy atom. The average molecular weight is 947 g/mol. The largest absolute Gasteiger partial charge is 0.463 e. The van der Waals surface area contributed by atoms with Crippen LogP contribution in [-0.4, -0.2) is 144 Å². The van der Waals surface area contributed by atoms with Gasteiger partial charge in [0.15, 0.2) is 49.2 Å². The molecule has 64 heavy (non-hydrogen) atoms. The third-order valence-corrected chi connectivity index (χ3v) is 11.1. The smallest absolute Gasteiger partial charge is 0.303 e. The van der Waals surface area contributed by atoms with Crippen LogP contribution in [0.1, 0.15) is 55.4 Å². The van der Waals surface area contributed by atoms with Crippen molar-refractivity contribution in [3.8, 4) is 0 Å². The number of ether oxygens (including phenoxy) is 12. The summed E-state index contributed by atoms with van der Waals surface area (Å²) >= 11 is 0. The van der Waals surface area contributed by atoms with Gasteiger partial charge in [-0.25, -0.2) is 8.42 Å². The van der Waals surface area contributed by atoms with Gasteiger partial charge >= 0.3 is 47.8 Å². The van der Waals surface area contributed by atoms with Gasteiger partial charge in [0, 0.05) is 75.0 Å². The summed E-state index contributed by atoms with van der Waals surface area (Å²) in [5, 5.41) is 0. The zero-order valence-corrected chi connectivity index (χ0v) is 37.8. The molecule has 0 aromatic heterocycles. The number of benzene rings is 1. The summed E-state index contributed by atoms with van der Waals surface area (Å²) in [6.45, 7) is 14.1. The van der Waals surface area contributed by atoms with Crippen molar-refractivity contribution < 1.29 is 104 Å². The van der Waals surface area contributed by atoms with Gasteiger partial charge in [0.1, 0.15) is 25.4 Å². The van der Waals surface area contributed by atoms with Crippen molar-refractivity contribution in [2.75, 3.05) is 26.4 Å². The Morgan fingerprint density at radius 3 is 1.08 bits per heavy atom. The molecule has 0 amide bonds. The second-order valence-corrected chi connectivity index (χ2v) is 17.0. The minimum Gasteiger partial charge on any atom is -0.463 e. The maximum atomic E-state index is 13.7. The van der Waals surface area contributed by atoms with E-state index in [2.05, 4.69) is 13.2 Å². The number of hydrogen-bond donors (Lipinski definition) is 0. The third kappa shape index (κ3) is 16.0. The van der Waals surface area contributed by atoms with Gasteiger partial charge in [0.2, 0.25) is 0 Å². The summed E-state index contributed by atoms with van der Waals surface area (Å²) in [6.07, 6.45) is -14.8. The zero-order chi connectivity index (χ0) is 48.0. The Labute approximate surface area is 372 Å².